The van der Waals surface area contributed by atoms with E-state index >= 15 is 0 Å². The van der Waals surface area contributed by atoms with Crippen molar-refractivity contribution in [2.45, 2.75) is 39.7 Å². The summed E-state index contributed by atoms with van der Waals surface area (Å²) in [6.45, 7) is 4.82. The normalized spacial score (nSPS) is 17.9. The van der Waals surface area contributed by atoms with Crippen molar-refractivity contribution in [1.29, 1.82) is 0 Å². The number of nitrogens with zero attached hydrogens (tertiary/aromatic N) is 2. The Hall–Kier alpha value is -2.11. The van der Waals surface area contributed by atoms with Crippen LogP contribution in [0.4, 0.5) is 0 Å². The van der Waals surface area contributed by atoms with E-state index in [4.69, 9.17) is 4.42 Å². The molecule has 2 rings (SSSR count). The first-order chi connectivity index (χ1) is 10.1. The first kappa shape index (κ1) is 15.3. The van der Waals surface area contributed by atoms with Crippen LogP contribution in [-0.2, 0) is 16.1 Å². The Labute approximate surface area is 124 Å². The van der Waals surface area contributed by atoms with Crippen molar-refractivity contribution in [1.82, 2.24) is 10.3 Å². The third-order valence-corrected chi connectivity index (χ3v) is 3.65. The SMILES string of the molecule is CCC(CC)=NNC(=O)C1CC(=O)N(Cc2ccco2)C1. The molecular formula is C15H21N3O3. The highest BCUT2D eigenvalue weighted by atomic mass is 16.3. The lowest BCUT2D eigenvalue weighted by molar-refractivity contribution is -0.129. The molecule has 21 heavy (non-hydrogen) atoms. The van der Waals surface area contributed by atoms with Crippen LogP contribution < -0.4 is 5.43 Å². The molecule has 1 aliphatic heterocycles. The molecule has 0 aliphatic carbocycles. The van der Waals surface area contributed by atoms with Gasteiger partial charge >= 0.3 is 0 Å². The van der Waals surface area contributed by atoms with Crippen molar-refractivity contribution in [2.24, 2.45) is 11.0 Å². The van der Waals surface area contributed by atoms with Gasteiger partial charge in [-0.05, 0) is 25.0 Å². The topological polar surface area (TPSA) is 74.9 Å². The van der Waals surface area contributed by atoms with Gasteiger partial charge in [0.1, 0.15) is 5.76 Å². The summed E-state index contributed by atoms with van der Waals surface area (Å²) in [5.41, 5.74) is 3.52. The molecule has 6 heteroatoms. The van der Waals surface area contributed by atoms with Gasteiger partial charge in [0.25, 0.3) is 0 Å². The zero-order chi connectivity index (χ0) is 15.2. The highest BCUT2D eigenvalue weighted by Gasteiger charge is 2.34. The van der Waals surface area contributed by atoms with Gasteiger partial charge in [-0.15, -0.1) is 0 Å². The Morgan fingerprint density at radius 2 is 2.24 bits per heavy atom. The van der Waals surface area contributed by atoms with Crippen LogP contribution in [0, 0.1) is 5.92 Å². The van der Waals surface area contributed by atoms with E-state index in [1.807, 2.05) is 19.9 Å². The van der Waals surface area contributed by atoms with Crippen molar-refractivity contribution < 1.29 is 14.0 Å². The number of hydrazone groups is 1. The van der Waals surface area contributed by atoms with E-state index in [-0.39, 0.29) is 24.2 Å². The maximum absolute atomic E-state index is 12.1. The molecule has 2 heterocycles. The molecule has 0 bridgehead atoms. The smallest absolute Gasteiger partial charge is 0.245 e. The summed E-state index contributed by atoms with van der Waals surface area (Å²) in [7, 11) is 0. The molecule has 1 atom stereocenters. The highest BCUT2D eigenvalue weighted by Crippen LogP contribution is 2.20. The summed E-state index contributed by atoms with van der Waals surface area (Å²) >= 11 is 0. The molecule has 114 valence electrons. The zero-order valence-electron chi connectivity index (χ0n) is 12.5. The highest BCUT2D eigenvalue weighted by molar-refractivity contribution is 5.90. The minimum atomic E-state index is -0.342. The van der Waals surface area contributed by atoms with Gasteiger partial charge in [-0.25, -0.2) is 5.43 Å². The number of amides is 2. The number of carbonyl (C=O) groups excluding carboxylic acids is 2. The predicted octanol–water partition coefficient (Wildman–Crippen LogP) is 1.92. The van der Waals surface area contributed by atoms with Crippen LogP contribution in [-0.4, -0.2) is 29.0 Å². The molecule has 1 aromatic rings. The Kier molecular flexibility index (Phi) is 5.14. The quantitative estimate of drug-likeness (QED) is 0.642. The van der Waals surface area contributed by atoms with E-state index < -0.39 is 0 Å². The van der Waals surface area contributed by atoms with E-state index in [1.54, 1.807) is 17.2 Å². The molecule has 1 N–H and O–H groups in total. The van der Waals surface area contributed by atoms with Crippen molar-refractivity contribution in [2.75, 3.05) is 6.54 Å². The maximum Gasteiger partial charge on any atom is 0.245 e. The number of likely N-dealkylation sites (tertiary alicyclic amines) is 1. The first-order valence-electron chi connectivity index (χ1n) is 7.29. The molecule has 0 radical (unpaired) electrons. The summed E-state index contributed by atoms with van der Waals surface area (Å²) in [6, 6.07) is 3.60. The number of carbonyl (C=O) groups is 2. The van der Waals surface area contributed by atoms with Crippen molar-refractivity contribution in [3.63, 3.8) is 0 Å². The van der Waals surface area contributed by atoms with Crippen LogP contribution in [0.1, 0.15) is 38.9 Å². The minimum absolute atomic E-state index is 0.0262. The summed E-state index contributed by atoms with van der Waals surface area (Å²) in [6.07, 6.45) is 3.43. The van der Waals surface area contributed by atoms with Gasteiger partial charge in [-0.3, -0.25) is 9.59 Å². The number of hydrogen-bond acceptors (Lipinski definition) is 4. The Balaban J connectivity index is 1.89. The van der Waals surface area contributed by atoms with Gasteiger partial charge in [0.2, 0.25) is 11.8 Å². The zero-order valence-corrected chi connectivity index (χ0v) is 12.5. The van der Waals surface area contributed by atoms with Crippen molar-refractivity contribution in [3.05, 3.63) is 24.2 Å². The maximum atomic E-state index is 12.1. The molecule has 1 aliphatic rings. The molecule has 1 saturated heterocycles. The molecule has 1 fully saturated rings. The Bertz CT molecular complexity index is 516. The summed E-state index contributed by atoms with van der Waals surface area (Å²) < 4.78 is 5.23. The van der Waals surface area contributed by atoms with Gasteiger partial charge < -0.3 is 9.32 Å². The average molecular weight is 291 g/mol. The van der Waals surface area contributed by atoms with Crippen LogP contribution in [0.5, 0.6) is 0 Å². The van der Waals surface area contributed by atoms with Crippen LogP contribution >= 0.6 is 0 Å². The lowest BCUT2D eigenvalue weighted by Gasteiger charge is -2.14. The van der Waals surface area contributed by atoms with E-state index in [0.29, 0.717) is 13.1 Å². The molecule has 2 amide bonds. The third kappa shape index (κ3) is 3.93. The van der Waals surface area contributed by atoms with E-state index in [0.717, 1.165) is 24.3 Å². The third-order valence-electron chi connectivity index (χ3n) is 3.65. The van der Waals surface area contributed by atoms with Gasteiger partial charge in [-0.1, -0.05) is 13.8 Å². The number of hydrogen-bond donors (Lipinski definition) is 1. The van der Waals surface area contributed by atoms with Gasteiger partial charge in [0.15, 0.2) is 0 Å². The second-order valence-corrected chi connectivity index (χ2v) is 5.12. The van der Waals surface area contributed by atoms with E-state index in [1.165, 1.54) is 0 Å². The largest absolute Gasteiger partial charge is 0.467 e. The predicted molar refractivity (Wildman–Crippen MR) is 78.4 cm³/mol. The van der Waals surface area contributed by atoms with Crippen molar-refractivity contribution in [3.8, 4) is 0 Å². The summed E-state index contributed by atoms with van der Waals surface area (Å²) in [5.74, 6) is 0.166. The van der Waals surface area contributed by atoms with Crippen LogP contribution in [0.15, 0.2) is 27.9 Å². The molecule has 1 unspecified atom stereocenters. The minimum Gasteiger partial charge on any atom is -0.467 e. The van der Waals surface area contributed by atoms with Crippen LogP contribution in [0.2, 0.25) is 0 Å². The van der Waals surface area contributed by atoms with Crippen LogP contribution in [0.25, 0.3) is 0 Å². The van der Waals surface area contributed by atoms with E-state index in [9.17, 15) is 9.59 Å². The van der Waals surface area contributed by atoms with Crippen molar-refractivity contribution >= 4 is 17.5 Å². The molecule has 1 aromatic heterocycles. The number of nitrogens with one attached hydrogen (secondary N) is 1. The van der Waals surface area contributed by atoms with Gasteiger partial charge in [-0.2, -0.15) is 5.10 Å². The summed E-state index contributed by atoms with van der Waals surface area (Å²) in [4.78, 5) is 25.6. The molecular weight excluding hydrogens is 270 g/mol. The monoisotopic (exact) mass is 291 g/mol. The van der Waals surface area contributed by atoms with Crippen LogP contribution in [0.3, 0.4) is 0 Å². The lowest BCUT2D eigenvalue weighted by atomic mass is 10.1. The van der Waals surface area contributed by atoms with Gasteiger partial charge in [0.05, 0.1) is 18.7 Å². The molecule has 0 aromatic carbocycles. The number of rotatable bonds is 6. The Morgan fingerprint density at radius 1 is 1.48 bits per heavy atom. The molecule has 0 spiro atoms. The fourth-order valence-corrected chi connectivity index (χ4v) is 2.32. The van der Waals surface area contributed by atoms with Gasteiger partial charge in [0, 0.05) is 18.7 Å². The second kappa shape index (κ2) is 7.06. The number of furan rings is 1. The standard InChI is InChI=1S/C15H21N3O3/c1-3-12(4-2)16-17-15(20)11-8-14(19)18(9-11)10-13-6-5-7-21-13/h5-7,11H,3-4,8-10H2,1-2H3,(H,17,20). The fourth-order valence-electron chi connectivity index (χ4n) is 2.32. The van der Waals surface area contributed by atoms with E-state index in [2.05, 4.69) is 10.5 Å². The Morgan fingerprint density at radius 3 is 2.86 bits per heavy atom. The molecule has 0 saturated carbocycles. The lowest BCUT2D eigenvalue weighted by Crippen LogP contribution is -2.30. The average Bonchev–Trinajstić information content (AvgIpc) is 3.11. The second-order valence-electron chi connectivity index (χ2n) is 5.12. The molecule has 6 nitrogen and oxygen atoms in total. The first-order valence-corrected chi connectivity index (χ1v) is 7.29. The summed E-state index contributed by atoms with van der Waals surface area (Å²) in [5, 5.41) is 4.10. The fraction of sp³-hybridized carbons (Fsp3) is 0.533.